The van der Waals surface area contributed by atoms with E-state index in [9.17, 15) is 26.7 Å². The van der Waals surface area contributed by atoms with Gasteiger partial charge in [0.2, 0.25) is 5.88 Å². The number of aromatic nitrogens is 3. The van der Waals surface area contributed by atoms with Crippen LogP contribution in [-0.2, 0) is 17.5 Å². The molecular weight excluding hydrogens is 607 g/mol. The summed E-state index contributed by atoms with van der Waals surface area (Å²) in [5.74, 6) is -0.455. The highest BCUT2D eigenvalue weighted by Crippen LogP contribution is 2.43. The highest BCUT2D eigenvalue weighted by atomic mass is 19.4. The molecule has 4 heterocycles. The van der Waals surface area contributed by atoms with Crippen LogP contribution in [-0.4, -0.2) is 52.6 Å². The van der Waals surface area contributed by atoms with Crippen LogP contribution >= 0.6 is 0 Å². The molecule has 2 atom stereocenters. The summed E-state index contributed by atoms with van der Waals surface area (Å²) in [7, 11) is 2.93. The van der Waals surface area contributed by atoms with Crippen molar-refractivity contribution in [2.75, 3.05) is 20.7 Å². The van der Waals surface area contributed by atoms with Crippen molar-refractivity contribution in [3.8, 4) is 28.8 Å². The number of ether oxygens (including phenoxy) is 5. The van der Waals surface area contributed by atoms with Crippen LogP contribution in [0.5, 0.6) is 23.1 Å². The molecule has 0 aliphatic carbocycles. The molecule has 2 aliphatic heterocycles. The maximum Gasteiger partial charge on any atom is 0.586 e. The Balaban J connectivity index is 1.32. The quantitative estimate of drug-likeness (QED) is 0.177. The summed E-state index contributed by atoms with van der Waals surface area (Å²) in [4.78, 5) is 17.7. The summed E-state index contributed by atoms with van der Waals surface area (Å²) in [5.41, 5.74) is 0.0734. The number of carbonyl (C=O) groups is 1. The van der Waals surface area contributed by atoms with Crippen molar-refractivity contribution in [1.29, 1.82) is 0 Å². The van der Waals surface area contributed by atoms with Crippen LogP contribution in [0.1, 0.15) is 52.0 Å². The zero-order valence-electron chi connectivity index (χ0n) is 24.0. The fourth-order valence-corrected chi connectivity index (χ4v) is 5.19. The Morgan fingerprint density at radius 3 is 2.51 bits per heavy atom. The summed E-state index contributed by atoms with van der Waals surface area (Å²) in [6.07, 6.45) is -8.77. The summed E-state index contributed by atoms with van der Waals surface area (Å²) < 4.78 is 96.5. The first kappa shape index (κ1) is 30.1. The van der Waals surface area contributed by atoms with Gasteiger partial charge in [0.05, 0.1) is 24.1 Å². The highest BCUT2D eigenvalue weighted by molar-refractivity contribution is 5.89. The molecule has 0 spiro atoms. The third-order valence-corrected chi connectivity index (χ3v) is 7.21. The lowest BCUT2D eigenvalue weighted by Gasteiger charge is -2.31. The predicted molar refractivity (Wildman–Crippen MR) is 146 cm³/mol. The molecule has 45 heavy (non-hydrogen) atoms. The molecule has 15 heteroatoms. The molecule has 2 aliphatic rings. The smallest absolute Gasteiger partial charge is 0.483 e. The molecular formula is C30H25F5N4O6. The molecule has 2 aromatic heterocycles. The average Bonchev–Trinajstić information content (AvgIpc) is 3.53. The van der Waals surface area contributed by atoms with Gasteiger partial charge in [-0.1, -0.05) is 6.07 Å². The van der Waals surface area contributed by atoms with E-state index in [0.717, 1.165) is 0 Å². The number of methoxy groups -OCH3 is 1. The zero-order valence-corrected chi connectivity index (χ0v) is 24.0. The number of hydrogen-bond donors (Lipinski definition) is 0. The van der Waals surface area contributed by atoms with Gasteiger partial charge in [-0.3, -0.25) is 4.90 Å². The maximum absolute atomic E-state index is 14.2. The monoisotopic (exact) mass is 632 g/mol. The van der Waals surface area contributed by atoms with Gasteiger partial charge in [-0.2, -0.15) is 18.3 Å². The normalized spacial score (nSPS) is 17.8. The molecule has 0 amide bonds. The first-order chi connectivity index (χ1) is 21.3. The minimum atomic E-state index is -4.75. The Morgan fingerprint density at radius 2 is 1.80 bits per heavy atom. The number of hydrogen-bond acceptors (Lipinski definition) is 9. The molecule has 4 aromatic rings. The predicted octanol–water partition coefficient (Wildman–Crippen LogP) is 6.10. The number of likely N-dealkylation sites (N-methyl/N-ethyl adjacent to an activating group) is 1. The van der Waals surface area contributed by atoms with Crippen LogP contribution in [0.4, 0.5) is 22.0 Å². The Hall–Kier alpha value is -4.92. The SMILES string of the molecule is COC(=O)c1ccc(OC2CN(C)Cc3c(C(F)(F)F)nn(-c4ccnc(OC(C)c5ccc6c(c5)OC(F)(F)O6)c4)c32)cc1. The van der Waals surface area contributed by atoms with Crippen molar-refractivity contribution < 1.29 is 50.4 Å². The van der Waals surface area contributed by atoms with Crippen molar-refractivity contribution in [1.82, 2.24) is 19.7 Å². The number of fused-ring (bicyclic) bond motifs is 2. The van der Waals surface area contributed by atoms with Gasteiger partial charge in [0, 0.05) is 30.9 Å². The Kier molecular flexibility index (Phi) is 7.51. The molecule has 0 N–H and O–H groups in total. The molecule has 6 rings (SSSR count). The number of benzene rings is 2. The van der Waals surface area contributed by atoms with Crippen LogP contribution in [0.3, 0.4) is 0 Å². The van der Waals surface area contributed by atoms with Gasteiger partial charge in [0.1, 0.15) is 11.9 Å². The van der Waals surface area contributed by atoms with E-state index in [0.29, 0.717) is 11.3 Å². The average molecular weight is 633 g/mol. The third-order valence-electron chi connectivity index (χ3n) is 7.21. The van der Waals surface area contributed by atoms with Crippen molar-refractivity contribution in [2.24, 2.45) is 0 Å². The van der Waals surface area contributed by atoms with E-state index >= 15 is 0 Å². The first-order valence-corrected chi connectivity index (χ1v) is 13.6. The van der Waals surface area contributed by atoms with Gasteiger partial charge >= 0.3 is 18.4 Å². The molecule has 0 saturated heterocycles. The van der Waals surface area contributed by atoms with E-state index in [1.165, 1.54) is 72.6 Å². The Morgan fingerprint density at radius 1 is 1.07 bits per heavy atom. The number of nitrogens with zero attached hydrogens (tertiary/aromatic N) is 4. The fraction of sp³-hybridized carbons (Fsp3) is 0.300. The second-order valence-corrected chi connectivity index (χ2v) is 10.4. The largest absolute Gasteiger partial charge is 0.586 e. The topological polar surface area (TPSA) is 97.2 Å². The van der Waals surface area contributed by atoms with Crippen LogP contribution < -0.4 is 18.9 Å². The molecule has 2 unspecified atom stereocenters. The first-order valence-electron chi connectivity index (χ1n) is 13.6. The summed E-state index contributed by atoms with van der Waals surface area (Å²) in [6.45, 7) is 1.86. The molecule has 0 radical (unpaired) electrons. The van der Waals surface area contributed by atoms with E-state index in [-0.39, 0.29) is 53.0 Å². The Labute approximate surface area is 252 Å². The standard InChI is InChI=1S/C30H25F5N4O6/c1-16(18-6-9-22-23(12-18)45-30(34,35)44-22)42-25-13-19(10-11-36-25)39-26-21(27(37-39)29(31,32)33)14-38(2)15-24(26)43-20-7-4-17(5-8-20)28(40)41-3/h4-13,16,24H,14-15H2,1-3H3. The van der Waals surface area contributed by atoms with Gasteiger partial charge < -0.3 is 23.7 Å². The molecule has 2 aromatic carbocycles. The lowest BCUT2D eigenvalue weighted by atomic mass is 10.0. The van der Waals surface area contributed by atoms with Crippen molar-refractivity contribution in [2.45, 2.75) is 38.1 Å². The van der Waals surface area contributed by atoms with E-state index in [2.05, 4.69) is 19.6 Å². The second kappa shape index (κ2) is 11.2. The van der Waals surface area contributed by atoms with E-state index in [1.54, 1.807) is 18.9 Å². The van der Waals surface area contributed by atoms with Gasteiger partial charge in [0.15, 0.2) is 23.3 Å². The van der Waals surface area contributed by atoms with Gasteiger partial charge in [-0.25, -0.2) is 14.5 Å². The second-order valence-electron chi connectivity index (χ2n) is 10.4. The molecule has 0 bridgehead atoms. The molecule has 10 nitrogen and oxygen atoms in total. The summed E-state index contributed by atoms with van der Waals surface area (Å²) >= 11 is 0. The number of esters is 1. The lowest BCUT2D eigenvalue weighted by Crippen LogP contribution is -2.34. The van der Waals surface area contributed by atoms with Crippen molar-refractivity contribution in [3.63, 3.8) is 0 Å². The van der Waals surface area contributed by atoms with Crippen molar-refractivity contribution in [3.05, 3.63) is 88.9 Å². The molecule has 0 fully saturated rings. The number of halogens is 5. The minimum absolute atomic E-state index is 0.0278. The molecule has 0 saturated carbocycles. The van der Waals surface area contributed by atoms with Crippen molar-refractivity contribution >= 4 is 5.97 Å². The molecule has 236 valence electrons. The van der Waals surface area contributed by atoms with E-state index in [4.69, 9.17) is 14.2 Å². The number of alkyl halides is 5. The third kappa shape index (κ3) is 6.07. The van der Waals surface area contributed by atoms with E-state index < -0.39 is 36.3 Å². The number of carbonyl (C=O) groups excluding carboxylic acids is 1. The maximum atomic E-state index is 14.2. The van der Waals surface area contributed by atoms with E-state index in [1.807, 2.05) is 0 Å². The minimum Gasteiger partial charge on any atom is -0.483 e. The lowest BCUT2D eigenvalue weighted by molar-refractivity contribution is -0.286. The summed E-state index contributed by atoms with van der Waals surface area (Å²) in [5, 5.41) is 3.98. The Bertz CT molecular complexity index is 1740. The van der Waals surface area contributed by atoms with Gasteiger partial charge in [-0.05, 0) is 62.0 Å². The number of pyridine rings is 1. The zero-order chi connectivity index (χ0) is 32.1. The summed E-state index contributed by atoms with van der Waals surface area (Å²) in [6, 6.07) is 13.1. The van der Waals surface area contributed by atoms with Gasteiger partial charge in [-0.15, -0.1) is 8.78 Å². The fourth-order valence-electron chi connectivity index (χ4n) is 5.19. The highest BCUT2D eigenvalue weighted by Gasteiger charge is 2.44. The van der Waals surface area contributed by atoms with Crippen LogP contribution in [0.2, 0.25) is 0 Å². The van der Waals surface area contributed by atoms with Crippen LogP contribution in [0.25, 0.3) is 5.69 Å². The van der Waals surface area contributed by atoms with Crippen LogP contribution in [0, 0.1) is 0 Å². The van der Waals surface area contributed by atoms with Crippen LogP contribution in [0.15, 0.2) is 60.8 Å². The number of rotatable bonds is 7. The van der Waals surface area contributed by atoms with Gasteiger partial charge in [0.25, 0.3) is 0 Å².